The number of benzene rings is 3. The lowest BCUT2D eigenvalue weighted by Crippen LogP contribution is -1.82. The summed E-state index contributed by atoms with van der Waals surface area (Å²) in [5.74, 6) is 2.71. The zero-order valence-electron chi connectivity index (χ0n) is 18.6. The van der Waals surface area contributed by atoms with Crippen LogP contribution in [0, 0.1) is 27.7 Å². The quantitative estimate of drug-likeness (QED) is 0.301. The fourth-order valence-electron chi connectivity index (χ4n) is 3.63. The smallest absolute Gasteiger partial charge is 0.226 e. The topological polar surface area (TPSA) is 52.1 Å². The van der Waals surface area contributed by atoms with Crippen LogP contribution in [0.4, 0.5) is 0 Å². The van der Waals surface area contributed by atoms with Crippen molar-refractivity contribution in [2.24, 2.45) is 0 Å². The van der Waals surface area contributed by atoms with E-state index in [1.54, 1.807) is 12.4 Å². The highest BCUT2D eigenvalue weighted by Crippen LogP contribution is 2.31. The molecule has 0 aliphatic carbocycles. The summed E-state index contributed by atoms with van der Waals surface area (Å²) < 4.78 is 12.1. The third kappa shape index (κ3) is 3.76. The number of hydrogen-bond donors (Lipinski definition) is 0. The molecule has 2 heterocycles. The van der Waals surface area contributed by atoms with Crippen LogP contribution < -0.4 is 0 Å². The molecule has 0 aliphatic rings. The van der Waals surface area contributed by atoms with E-state index in [9.17, 15) is 0 Å². The van der Waals surface area contributed by atoms with E-state index >= 15 is 0 Å². The fraction of sp³-hybridized carbons (Fsp3) is 0.143. The van der Waals surface area contributed by atoms with E-state index in [1.807, 2.05) is 24.3 Å². The summed E-state index contributed by atoms with van der Waals surface area (Å²) in [4.78, 5) is 8.94. The number of aryl methyl sites for hydroxylation is 4. The molecule has 5 aromatic rings. The van der Waals surface area contributed by atoms with Crippen molar-refractivity contribution in [3.8, 4) is 45.6 Å². The van der Waals surface area contributed by atoms with Gasteiger partial charge in [-0.3, -0.25) is 0 Å². The number of nitrogens with zero attached hydrogens (tertiary/aromatic N) is 2. The van der Waals surface area contributed by atoms with Gasteiger partial charge in [0.1, 0.15) is 0 Å². The summed E-state index contributed by atoms with van der Waals surface area (Å²) in [6, 6.07) is 20.5. The first-order chi connectivity index (χ1) is 15.5. The van der Waals surface area contributed by atoms with Crippen LogP contribution in [-0.2, 0) is 0 Å². The van der Waals surface area contributed by atoms with Crippen LogP contribution in [0.5, 0.6) is 0 Å². The van der Waals surface area contributed by atoms with Crippen molar-refractivity contribution in [3.05, 3.63) is 95.3 Å². The van der Waals surface area contributed by atoms with Gasteiger partial charge in [0.2, 0.25) is 11.8 Å². The van der Waals surface area contributed by atoms with Crippen LogP contribution in [0.15, 0.2) is 81.9 Å². The number of rotatable bonds is 4. The van der Waals surface area contributed by atoms with Gasteiger partial charge in [0, 0.05) is 22.3 Å². The lowest BCUT2D eigenvalue weighted by molar-refractivity contribution is 0.587. The molecule has 0 saturated carbocycles. The van der Waals surface area contributed by atoms with Crippen LogP contribution in [0.2, 0.25) is 0 Å². The maximum atomic E-state index is 6.03. The molecule has 32 heavy (non-hydrogen) atoms. The van der Waals surface area contributed by atoms with E-state index < -0.39 is 0 Å². The minimum atomic E-state index is 0.591. The maximum Gasteiger partial charge on any atom is 0.226 e. The molecular formula is C28H24N2O2. The first kappa shape index (κ1) is 20.0. The van der Waals surface area contributed by atoms with Crippen molar-refractivity contribution in [1.82, 2.24) is 9.97 Å². The van der Waals surface area contributed by atoms with Gasteiger partial charge in [-0.2, -0.15) is 0 Å². The molecule has 5 rings (SSSR count). The Morgan fingerprint density at radius 2 is 0.844 bits per heavy atom. The summed E-state index contributed by atoms with van der Waals surface area (Å²) in [6.45, 7) is 8.40. The monoisotopic (exact) mass is 420 g/mol. The van der Waals surface area contributed by atoms with Gasteiger partial charge >= 0.3 is 0 Å². The Balaban J connectivity index is 1.38. The molecule has 0 amide bonds. The van der Waals surface area contributed by atoms with Gasteiger partial charge in [-0.1, -0.05) is 24.3 Å². The third-order valence-corrected chi connectivity index (χ3v) is 5.97. The van der Waals surface area contributed by atoms with Crippen LogP contribution in [0.3, 0.4) is 0 Å². The number of oxazole rings is 2. The van der Waals surface area contributed by atoms with E-state index in [2.05, 4.69) is 74.1 Å². The van der Waals surface area contributed by atoms with Crippen LogP contribution in [-0.4, -0.2) is 9.97 Å². The molecular weight excluding hydrogens is 396 g/mol. The van der Waals surface area contributed by atoms with Crippen molar-refractivity contribution in [3.63, 3.8) is 0 Å². The molecule has 2 aromatic heterocycles. The summed E-state index contributed by atoms with van der Waals surface area (Å²) in [5.41, 5.74) is 8.86. The Morgan fingerprint density at radius 3 is 1.22 bits per heavy atom. The molecule has 0 unspecified atom stereocenters. The average molecular weight is 421 g/mol. The maximum absolute atomic E-state index is 6.03. The average Bonchev–Trinajstić information content (AvgIpc) is 3.48. The standard InChI is InChI=1S/C28H24N2O2/c1-17-5-7-23(13-19(17)3)25-15-29-27(31-25)21-9-11-22(12-10-21)28-30-16-26(32-28)24-8-6-18(2)20(4)14-24/h5-16H,1-4H3. The van der Waals surface area contributed by atoms with Gasteiger partial charge < -0.3 is 8.83 Å². The zero-order chi connectivity index (χ0) is 22.2. The van der Waals surface area contributed by atoms with Gasteiger partial charge in [0.05, 0.1) is 12.4 Å². The van der Waals surface area contributed by atoms with Crippen LogP contribution in [0.25, 0.3) is 45.6 Å². The summed E-state index contributed by atoms with van der Waals surface area (Å²) in [7, 11) is 0. The molecule has 4 heteroatoms. The highest BCUT2D eigenvalue weighted by atomic mass is 16.4. The van der Waals surface area contributed by atoms with Gasteiger partial charge in [-0.25, -0.2) is 9.97 Å². The van der Waals surface area contributed by atoms with Crippen molar-refractivity contribution in [1.29, 1.82) is 0 Å². The normalized spacial score (nSPS) is 11.1. The van der Waals surface area contributed by atoms with Gasteiger partial charge in [-0.15, -0.1) is 0 Å². The number of aromatic nitrogens is 2. The van der Waals surface area contributed by atoms with Crippen molar-refractivity contribution in [2.45, 2.75) is 27.7 Å². The van der Waals surface area contributed by atoms with Gasteiger partial charge in [0.25, 0.3) is 0 Å². The summed E-state index contributed by atoms with van der Waals surface area (Å²) in [5, 5.41) is 0. The Labute approximate surface area is 187 Å². The highest BCUT2D eigenvalue weighted by Gasteiger charge is 2.12. The molecule has 4 nitrogen and oxygen atoms in total. The molecule has 3 aromatic carbocycles. The Bertz CT molecular complexity index is 1300. The molecule has 158 valence electrons. The molecule has 0 radical (unpaired) electrons. The molecule has 0 bridgehead atoms. The Morgan fingerprint density at radius 1 is 0.469 bits per heavy atom. The Hall–Kier alpha value is -3.92. The second-order valence-corrected chi connectivity index (χ2v) is 8.23. The van der Waals surface area contributed by atoms with Crippen molar-refractivity contribution < 1.29 is 8.83 Å². The minimum Gasteiger partial charge on any atom is -0.436 e. The highest BCUT2D eigenvalue weighted by molar-refractivity contribution is 5.66. The predicted molar refractivity (Wildman–Crippen MR) is 127 cm³/mol. The van der Waals surface area contributed by atoms with Crippen LogP contribution >= 0.6 is 0 Å². The van der Waals surface area contributed by atoms with Gasteiger partial charge in [0.15, 0.2) is 11.5 Å². The van der Waals surface area contributed by atoms with Gasteiger partial charge in [-0.05, 0) is 86.3 Å². The van der Waals surface area contributed by atoms with E-state index in [4.69, 9.17) is 8.83 Å². The molecule has 0 aliphatic heterocycles. The lowest BCUT2D eigenvalue weighted by atomic mass is 10.1. The molecule has 0 atom stereocenters. The minimum absolute atomic E-state index is 0.591. The molecule has 0 spiro atoms. The first-order valence-electron chi connectivity index (χ1n) is 10.7. The summed E-state index contributed by atoms with van der Waals surface area (Å²) in [6.07, 6.45) is 3.55. The lowest BCUT2D eigenvalue weighted by Gasteiger charge is -2.03. The fourth-order valence-corrected chi connectivity index (χ4v) is 3.63. The van der Waals surface area contributed by atoms with Crippen molar-refractivity contribution in [2.75, 3.05) is 0 Å². The summed E-state index contributed by atoms with van der Waals surface area (Å²) >= 11 is 0. The third-order valence-electron chi connectivity index (χ3n) is 5.97. The molecule has 0 fully saturated rings. The van der Waals surface area contributed by atoms with Crippen LogP contribution in [0.1, 0.15) is 22.3 Å². The van der Waals surface area contributed by atoms with E-state index in [0.717, 1.165) is 33.8 Å². The first-order valence-corrected chi connectivity index (χ1v) is 10.7. The predicted octanol–water partition coefficient (Wildman–Crippen LogP) is 7.56. The molecule has 0 saturated heterocycles. The SMILES string of the molecule is Cc1ccc(-c2cnc(-c3ccc(-c4ncc(-c5ccc(C)c(C)c5)o4)cc3)o2)cc1C. The molecule has 0 N–H and O–H groups in total. The second-order valence-electron chi connectivity index (χ2n) is 8.23. The van der Waals surface area contributed by atoms with E-state index in [-0.39, 0.29) is 0 Å². The largest absolute Gasteiger partial charge is 0.436 e. The zero-order valence-corrected chi connectivity index (χ0v) is 18.6. The Kier molecular flexibility index (Phi) is 4.98. The number of hydrogen-bond acceptors (Lipinski definition) is 4. The van der Waals surface area contributed by atoms with Crippen molar-refractivity contribution >= 4 is 0 Å². The van der Waals surface area contributed by atoms with E-state index in [1.165, 1.54) is 22.3 Å². The second kappa shape index (κ2) is 7.97. The van der Waals surface area contributed by atoms with E-state index in [0.29, 0.717) is 11.8 Å².